The Morgan fingerprint density at radius 1 is 1.14 bits per heavy atom. The molecule has 1 aliphatic rings. The number of esters is 1. The van der Waals surface area contributed by atoms with E-state index < -0.39 is 22.4 Å². The fourth-order valence-corrected chi connectivity index (χ4v) is 5.21. The van der Waals surface area contributed by atoms with Gasteiger partial charge in [0.25, 0.3) is 5.91 Å². The second-order valence-electron chi connectivity index (χ2n) is 7.63. The third-order valence-corrected chi connectivity index (χ3v) is 6.59. The minimum absolute atomic E-state index is 0.0237. The van der Waals surface area contributed by atoms with Crippen LogP contribution in [0.5, 0.6) is 0 Å². The molecule has 3 rings (SSSR count). The van der Waals surface area contributed by atoms with Crippen molar-refractivity contribution in [3.05, 3.63) is 48.0 Å². The molecule has 1 heterocycles. The Hall–Kier alpha value is -2.41. The molecule has 0 N–H and O–H groups in total. The molecule has 7 heteroatoms. The van der Waals surface area contributed by atoms with Gasteiger partial charge >= 0.3 is 5.97 Å². The number of hydrogen-bond acceptors (Lipinski definition) is 5. The number of amides is 1. The summed E-state index contributed by atoms with van der Waals surface area (Å²) in [5, 5.41) is 1.93. The van der Waals surface area contributed by atoms with Crippen molar-refractivity contribution in [2.24, 2.45) is 5.92 Å². The molecule has 2 aromatic carbocycles. The largest absolute Gasteiger partial charge is 0.452 e. The second-order valence-corrected chi connectivity index (χ2v) is 9.86. The molecule has 1 saturated heterocycles. The van der Waals surface area contributed by atoms with Crippen LogP contribution in [0.3, 0.4) is 0 Å². The first-order chi connectivity index (χ1) is 13.2. The van der Waals surface area contributed by atoms with Gasteiger partial charge in [0.15, 0.2) is 16.4 Å². The minimum Gasteiger partial charge on any atom is -0.452 e. The molecule has 1 aliphatic heterocycles. The second kappa shape index (κ2) is 8.31. The summed E-state index contributed by atoms with van der Waals surface area (Å²) in [6, 6.07) is 12.6. The van der Waals surface area contributed by atoms with Gasteiger partial charge in [-0.25, -0.2) is 13.2 Å². The van der Waals surface area contributed by atoms with E-state index in [1.54, 1.807) is 17.0 Å². The van der Waals surface area contributed by atoms with Gasteiger partial charge in [0.1, 0.15) is 0 Å². The van der Waals surface area contributed by atoms with E-state index in [-0.39, 0.29) is 29.4 Å². The van der Waals surface area contributed by atoms with E-state index in [4.69, 9.17) is 4.74 Å². The highest BCUT2D eigenvalue weighted by Gasteiger charge is 2.35. The molecule has 1 fully saturated rings. The van der Waals surface area contributed by atoms with Crippen LogP contribution in [0.1, 0.15) is 30.6 Å². The predicted molar refractivity (Wildman–Crippen MR) is 108 cm³/mol. The summed E-state index contributed by atoms with van der Waals surface area (Å²) in [4.78, 5) is 26.6. The summed E-state index contributed by atoms with van der Waals surface area (Å²) < 4.78 is 28.8. The molecule has 6 nitrogen and oxygen atoms in total. The molecule has 0 saturated carbocycles. The van der Waals surface area contributed by atoms with Crippen molar-refractivity contribution in [2.45, 2.75) is 26.3 Å². The van der Waals surface area contributed by atoms with Crippen LogP contribution in [0.4, 0.5) is 0 Å². The zero-order valence-corrected chi connectivity index (χ0v) is 16.9. The Bertz CT molecular complexity index is 983. The van der Waals surface area contributed by atoms with Crippen molar-refractivity contribution in [3.8, 4) is 0 Å². The number of benzene rings is 2. The van der Waals surface area contributed by atoms with Crippen LogP contribution < -0.4 is 0 Å². The number of rotatable bonds is 6. The molecule has 0 aromatic heterocycles. The van der Waals surface area contributed by atoms with Crippen LogP contribution in [0.2, 0.25) is 0 Å². The molecular weight excluding hydrogens is 378 g/mol. The van der Waals surface area contributed by atoms with E-state index in [9.17, 15) is 18.0 Å². The first-order valence-corrected chi connectivity index (χ1v) is 11.2. The fraction of sp³-hybridized carbons (Fsp3) is 0.429. The highest BCUT2D eigenvalue weighted by molar-refractivity contribution is 7.91. The van der Waals surface area contributed by atoms with Crippen molar-refractivity contribution in [2.75, 3.05) is 24.7 Å². The number of carbonyl (C=O) groups is 2. The number of hydrogen-bond donors (Lipinski definition) is 0. The Kier molecular flexibility index (Phi) is 6.03. The quantitative estimate of drug-likeness (QED) is 0.693. The monoisotopic (exact) mass is 403 g/mol. The van der Waals surface area contributed by atoms with Gasteiger partial charge in [0.05, 0.1) is 17.1 Å². The first kappa shape index (κ1) is 20.3. The van der Waals surface area contributed by atoms with Gasteiger partial charge < -0.3 is 9.64 Å². The predicted octanol–water partition coefficient (Wildman–Crippen LogP) is 2.67. The minimum atomic E-state index is -3.11. The highest BCUT2D eigenvalue weighted by atomic mass is 32.2. The van der Waals surface area contributed by atoms with Crippen molar-refractivity contribution < 1.29 is 22.7 Å². The SMILES string of the molecule is CC(C)CN(C(=O)COC(=O)c1ccc2ccccc2c1)[C@H]1CCS(=O)(=O)C1. The van der Waals surface area contributed by atoms with E-state index >= 15 is 0 Å². The summed E-state index contributed by atoms with van der Waals surface area (Å²) in [7, 11) is -3.11. The topological polar surface area (TPSA) is 80.8 Å². The highest BCUT2D eigenvalue weighted by Crippen LogP contribution is 2.20. The van der Waals surface area contributed by atoms with Gasteiger partial charge in [-0.1, -0.05) is 44.2 Å². The summed E-state index contributed by atoms with van der Waals surface area (Å²) in [5.41, 5.74) is 0.380. The molecule has 0 aliphatic carbocycles. The van der Waals surface area contributed by atoms with Crippen LogP contribution >= 0.6 is 0 Å². The Balaban J connectivity index is 1.66. The lowest BCUT2D eigenvalue weighted by atomic mass is 10.1. The van der Waals surface area contributed by atoms with Crippen LogP contribution in [0.25, 0.3) is 10.8 Å². The van der Waals surface area contributed by atoms with Crippen molar-refractivity contribution >= 4 is 32.5 Å². The van der Waals surface area contributed by atoms with Gasteiger partial charge in [-0.15, -0.1) is 0 Å². The van der Waals surface area contributed by atoms with E-state index in [1.165, 1.54) is 0 Å². The van der Waals surface area contributed by atoms with Crippen LogP contribution in [0.15, 0.2) is 42.5 Å². The van der Waals surface area contributed by atoms with Gasteiger partial charge in [-0.2, -0.15) is 0 Å². The number of fused-ring (bicyclic) bond motifs is 1. The van der Waals surface area contributed by atoms with Gasteiger partial charge in [-0.05, 0) is 35.2 Å². The molecule has 1 amide bonds. The Morgan fingerprint density at radius 3 is 2.50 bits per heavy atom. The normalized spacial score (nSPS) is 18.3. The van der Waals surface area contributed by atoms with Crippen LogP contribution in [-0.4, -0.2) is 55.9 Å². The summed E-state index contributed by atoms with van der Waals surface area (Å²) >= 11 is 0. The smallest absolute Gasteiger partial charge is 0.338 e. The van der Waals surface area contributed by atoms with Crippen LogP contribution in [0, 0.1) is 5.92 Å². The Labute approximate surface area is 165 Å². The average Bonchev–Trinajstić information content (AvgIpc) is 3.02. The third kappa shape index (κ3) is 4.90. The average molecular weight is 404 g/mol. The maximum absolute atomic E-state index is 12.7. The summed E-state index contributed by atoms with van der Waals surface area (Å²) in [6.07, 6.45) is 0.430. The molecule has 1 atom stereocenters. The number of nitrogens with zero attached hydrogens (tertiary/aromatic N) is 1. The van der Waals surface area contributed by atoms with Gasteiger partial charge in [0.2, 0.25) is 0 Å². The van der Waals surface area contributed by atoms with E-state index in [0.29, 0.717) is 18.5 Å². The lowest BCUT2D eigenvalue weighted by molar-refractivity contribution is -0.137. The standard InChI is InChI=1S/C21H25NO5S/c1-15(2)12-22(19-9-10-28(25,26)14-19)20(23)13-27-21(24)18-8-7-16-5-3-4-6-17(16)11-18/h3-8,11,15,19H,9-10,12-14H2,1-2H3/t19-/m0/s1. The third-order valence-electron chi connectivity index (χ3n) is 4.84. The molecule has 2 aromatic rings. The van der Waals surface area contributed by atoms with E-state index in [2.05, 4.69) is 0 Å². The van der Waals surface area contributed by atoms with Crippen molar-refractivity contribution in [1.82, 2.24) is 4.90 Å². The number of carbonyl (C=O) groups excluding carboxylic acids is 2. The number of ether oxygens (including phenoxy) is 1. The summed E-state index contributed by atoms with van der Waals surface area (Å²) in [6.45, 7) is 3.97. The lowest BCUT2D eigenvalue weighted by Gasteiger charge is -2.29. The maximum Gasteiger partial charge on any atom is 0.338 e. The molecule has 0 unspecified atom stereocenters. The molecule has 0 spiro atoms. The molecular formula is C21H25NO5S. The molecule has 0 bridgehead atoms. The molecule has 28 heavy (non-hydrogen) atoms. The summed E-state index contributed by atoms with van der Waals surface area (Å²) in [5.74, 6) is -0.670. The molecule has 150 valence electrons. The zero-order chi connectivity index (χ0) is 20.3. The Morgan fingerprint density at radius 2 is 1.86 bits per heavy atom. The van der Waals surface area contributed by atoms with E-state index in [1.807, 2.05) is 44.2 Å². The fourth-order valence-electron chi connectivity index (χ4n) is 3.48. The number of sulfone groups is 1. The maximum atomic E-state index is 12.7. The lowest BCUT2D eigenvalue weighted by Crippen LogP contribution is -2.45. The van der Waals surface area contributed by atoms with Crippen LogP contribution in [-0.2, 0) is 19.4 Å². The van der Waals surface area contributed by atoms with Gasteiger partial charge in [-0.3, -0.25) is 4.79 Å². The van der Waals surface area contributed by atoms with E-state index in [0.717, 1.165) is 10.8 Å². The van der Waals surface area contributed by atoms with Gasteiger partial charge in [0, 0.05) is 12.6 Å². The molecule has 0 radical (unpaired) electrons. The zero-order valence-electron chi connectivity index (χ0n) is 16.1. The van der Waals surface area contributed by atoms with Crippen molar-refractivity contribution in [1.29, 1.82) is 0 Å². The van der Waals surface area contributed by atoms with Crippen molar-refractivity contribution in [3.63, 3.8) is 0 Å². The first-order valence-electron chi connectivity index (χ1n) is 9.41.